The molecule has 5 nitrogen and oxygen atoms in total. The normalized spacial score (nSPS) is 12.3. The van der Waals surface area contributed by atoms with Crippen LogP contribution in [0.4, 0.5) is 0 Å². The van der Waals surface area contributed by atoms with Crippen molar-refractivity contribution in [3.8, 4) is 62.1 Å². The number of benzene rings is 11. The van der Waals surface area contributed by atoms with Crippen LogP contribution in [0, 0.1) is 0 Å². The maximum atomic E-state index is 6.34. The molecule has 0 amide bonds. The SMILES string of the molecule is c1ccc(-c2nc(-c3ccccc3)nc(-c3ccc4c5ccc(-n6c7ccccc7c7cc(-c8ccc9c(c8)-c8cc%10oc%11ccccc%11c%10cc8C9)ccc76)cc5c5ccccc5c4c3)n2)cc1. The number of fused-ring (bicyclic) bond motifs is 15. The molecule has 320 valence electrons. The summed E-state index contributed by atoms with van der Waals surface area (Å²) in [4.78, 5) is 15.1. The fraction of sp³-hybridized carbons (Fsp3) is 0.0156. The largest absolute Gasteiger partial charge is 0.456 e. The molecule has 15 rings (SSSR count). The van der Waals surface area contributed by atoms with E-state index in [9.17, 15) is 0 Å². The second-order valence-electron chi connectivity index (χ2n) is 18.3. The summed E-state index contributed by atoms with van der Waals surface area (Å²) in [5.74, 6) is 1.94. The molecule has 1 aliphatic rings. The monoisotopic (exact) mass is 878 g/mol. The summed E-state index contributed by atoms with van der Waals surface area (Å²) in [5, 5.41) is 12.0. The number of furan rings is 1. The van der Waals surface area contributed by atoms with E-state index in [1.165, 1.54) is 92.9 Å². The van der Waals surface area contributed by atoms with Gasteiger partial charge in [0.1, 0.15) is 11.2 Å². The van der Waals surface area contributed by atoms with Gasteiger partial charge in [0.25, 0.3) is 0 Å². The van der Waals surface area contributed by atoms with Crippen LogP contribution >= 0.6 is 0 Å². The average molecular weight is 879 g/mol. The molecule has 0 radical (unpaired) electrons. The molecule has 0 aliphatic heterocycles. The number of nitrogens with zero attached hydrogens (tertiary/aromatic N) is 4. The van der Waals surface area contributed by atoms with Crippen LogP contribution in [0.5, 0.6) is 0 Å². The molecule has 0 atom stereocenters. The van der Waals surface area contributed by atoms with Gasteiger partial charge in [-0.3, -0.25) is 0 Å². The summed E-state index contributed by atoms with van der Waals surface area (Å²) in [7, 11) is 0. The Morgan fingerprint density at radius 1 is 0.304 bits per heavy atom. The summed E-state index contributed by atoms with van der Waals surface area (Å²) in [6, 6.07) is 78.4. The topological polar surface area (TPSA) is 56.7 Å². The molecule has 3 heterocycles. The van der Waals surface area contributed by atoms with Crippen LogP contribution in [0.15, 0.2) is 223 Å². The van der Waals surface area contributed by atoms with Crippen LogP contribution in [-0.4, -0.2) is 19.5 Å². The van der Waals surface area contributed by atoms with Crippen LogP contribution in [-0.2, 0) is 6.42 Å². The van der Waals surface area contributed by atoms with Crippen molar-refractivity contribution in [3.05, 3.63) is 230 Å². The van der Waals surface area contributed by atoms with E-state index in [0.717, 1.165) is 45.4 Å². The lowest BCUT2D eigenvalue weighted by atomic mass is 9.93. The first kappa shape index (κ1) is 38.0. The molecule has 11 aromatic carbocycles. The highest BCUT2D eigenvalue weighted by Gasteiger charge is 2.23. The zero-order valence-corrected chi connectivity index (χ0v) is 37.2. The standard InChI is InChI=1S/C64H38N4O/c1-3-13-38(14-4-1)62-65-63(39-15-5-2-6-16-39)67-64(66-62)43-25-28-48-49-29-27-45(36-55(49)47-18-8-7-17-46(47)54(48)34-43)68-58-21-11-9-19-50(58)56-33-41(26-30-59(56)68)40-23-24-42-31-44-35-57-51-20-10-12-22-60(51)69-61(57)37-53(44)52(42)32-40/h1-30,32-37H,31H2. The minimum absolute atomic E-state index is 0.643. The third kappa shape index (κ3) is 5.87. The van der Waals surface area contributed by atoms with Crippen molar-refractivity contribution in [2.75, 3.05) is 0 Å². The maximum absolute atomic E-state index is 6.34. The number of hydrogen-bond donors (Lipinski definition) is 0. The molecule has 0 spiro atoms. The van der Waals surface area contributed by atoms with Gasteiger partial charge in [0.15, 0.2) is 17.5 Å². The molecule has 3 aromatic heterocycles. The van der Waals surface area contributed by atoms with E-state index >= 15 is 0 Å². The van der Waals surface area contributed by atoms with E-state index in [1.807, 2.05) is 66.7 Å². The highest BCUT2D eigenvalue weighted by Crippen LogP contribution is 2.45. The van der Waals surface area contributed by atoms with Crippen LogP contribution in [0.3, 0.4) is 0 Å². The highest BCUT2D eigenvalue weighted by molar-refractivity contribution is 6.26. The fourth-order valence-electron chi connectivity index (χ4n) is 11.2. The average Bonchev–Trinajstić information content (AvgIpc) is 4.08. The zero-order valence-electron chi connectivity index (χ0n) is 37.2. The van der Waals surface area contributed by atoms with Crippen molar-refractivity contribution in [3.63, 3.8) is 0 Å². The van der Waals surface area contributed by atoms with Crippen molar-refractivity contribution in [2.45, 2.75) is 6.42 Å². The number of hydrogen-bond acceptors (Lipinski definition) is 4. The third-order valence-corrected chi connectivity index (χ3v) is 14.4. The predicted molar refractivity (Wildman–Crippen MR) is 284 cm³/mol. The molecule has 0 N–H and O–H groups in total. The Balaban J connectivity index is 0.849. The molecule has 14 aromatic rings. The van der Waals surface area contributed by atoms with Gasteiger partial charge in [0.05, 0.1) is 11.0 Å². The second-order valence-corrected chi connectivity index (χ2v) is 18.3. The quantitative estimate of drug-likeness (QED) is 0.162. The summed E-state index contributed by atoms with van der Waals surface area (Å²) in [6.07, 6.45) is 0.928. The summed E-state index contributed by atoms with van der Waals surface area (Å²) in [5.41, 5.74) is 15.9. The third-order valence-electron chi connectivity index (χ3n) is 14.4. The number of rotatable bonds is 5. The molecular weight excluding hydrogens is 841 g/mol. The Hall–Kier alpha value is -9.19. The molecule has 69 heavy (non-hydrogen) atoms. The van der Waals surface area contributed by atoms with E-state index < -0.39 is 0 Å². The molecule has 0 bridgehead atoms. The van der Waals surface area contributed by atoms with Crippen LogP contribution < -0.4 is 0 Å². The lowest BCUT2D eigenvalue weighted by Gasteiger charge is -2.15. The number of para-hydroxylation sites is 2. The first-order valence-electron chi connectivity index (χ1n) is 23.5. The van der Waals surface area contributed by atoms with Gasteiger partial charge in [-0.25, -0.2) is 15.0 Å². The van der Waals surface area contributed by atoms with Gasteiger partial charge >= 0.3 is 0 Å². The Labute approximate surface area is 396 Å². The van der Waals surface area contributed by atoms with E-state index in [0.29, 0.717) is 17.5 Å². The zero-order chi connectivity index (χ0) is 45.2. The minimum Gasteiger partial charge on any atom is -0.456 e. The van der Waals surface area contributed by atoms with E-state index in [-0.39, 0.29) is 0 Å². The molecular formula is C64H38N4O. The summed E-state index contributed by atoms with van der Waals surface area (Å²) < 4.78 is 8.77. The van der Waals surface area contributed by atoms with E-state index in [2.05, 4.69) is 156 Å². The van der Waals surface area contributed by atoms with Gasteiger partial charge in [-0.2, -0.15) is 0 Å². The van der Waals surface area contributed by atoms with Crippen LogP contribution in [0.2, 0.25) is 0 Å². The molecule has 0 saturated heterocycles. The Bertz CT molecular complexity index is 4370. The first-order valence-corrected chi connectivity index (χ1v) is 23.5. The predicted octanol–water partition coefficient (Wildman–Crippen LogP) is 16.6. The first-order chi connectivity index (χ1) is 34.2. The minimum atomic E-state index is 0.643. The number of aromatic nitrogens is 4. The molecule has 1 aliphatic carbocycles. The molecule has 5 heteroatoms. The summed E-state index contributed by atoms with van der Waals surface area (Å²) >= 11 is 0. The lowest BCUT2D eigenvalue weighted by Crippen LogP contribution is -2.00. The van der Waals surface area contributed by atoms with Gasteiger partial charge in [-0.05, 0) is 133 Å². The van der Waals surface area contributed by atoms with Crippen LogP contribution in [0.25, 0.3) is 138 Å². The van der Waals surface area contributed by atoms with Gasteiger partial charge < -0.3 is 8.98 Å². The second kappa shape index (κ2) is 14.7. The van der Waals surface area contributed by atoms with Gasteiger partial charge in [-0.15, -0.1) is 0 Å². The molecule has 0 fully saturated rings. The van der Waals surface area contributed by atoms with Crippen molar-refractivity contribution in [1.29, 1.82) is 0 Å². The lowest BCUT2D eigenvalue weighted by molar-refractivity contribution is 0.669. The van der Waals surface area contributed by atoms with Gasteiger partial charge in [0, 0.05) is 43.9 Å². The summed E-state index contributed by atoms with van der Waals surface area (Å²) in [6.45, 7) is 0. The highest BCUT2D eigenvalue weighted by atomic mass is 16.3. The maximum Gasteiger partial charge on any atom is 0.164 e. The van der Waals surface area contributed by atoms with Gasteiger partial charge in [-0.1, -0.05) is 158 Å². The van der Waals surface area contributed by atoms with Gasteiger partial charge in [0.2, 0.25) is 0 Å². The smallest absolute Gasteiger partial charge is 0.164 e. The van der Waals surface area contributed by atoms with Crippen molar-refractivity contribution in [2.24, 2.45) is 0 Å². The fourth-order valence-corrected chi connectivity index (χ4v) is 11.2. The van der Waals surface area contributed by atoms with Crippen LogP contribution in [0.1, 0.15) is 11.1 Å². The molecule has 0 saturated carbocycles. The van der Waals surface area contributed by atoms with Crippen molar-refractivity contribution in [1.82, 2.24) is 19.5 Å². The van der Waals surface area contributed by atoms with E-state index in [1.54, 1.807) is 0 Å². The molecule has 0 unspecified atom stereocenters. The Morgan fingerprint density at radius 3 is 1.59 bits per heavy atom. The Morgan fingerprint density at radius 2 is 0.841 bits per heavy atom. The Kier molecular flexibility index (Phi) is 8.06. The van der Waals surface area contributed by atoms with Crippen molar-refractivity contribution >= 4 is 76.1 Å². The van der Waals surface area contributed by atoms with E-state index in [4.69, 9.17) is 19.4 Å². The van der Waals surface area contributed by atoms with Crippen molar-refractivity contribution < 1.29 is 4.42 Å².